The largest absolute Gasteiger partial charge is 0.480 e. The van der Waals surface area contributed by atoms with Gasteiger partial charge in [0, 0.05) is 13.1 Å². The topological polar surface area (TPSA) is 161 Å². The van der Waals surface area contributed by atoms with Crippen molar-refractivity contribution in [3.63, 3.8) is 0 Å². The molecule has 0 aromatic heterocycles. The van der Waals surface area contributed by atoms with Crippen molar-refractivity contribution in [2.75, 3.05) is 6.54 Å². The third kappa shape index (κ3) is 6.41. The number of nitrogens with two attached hydrogens (primary N) is 2. The molecule has 0 bridgehead atoms. The molecule has 0 unspecified atom stereocenters. The van der Waals surface area contributed by atoms with Crippen molar-refractivity contribution in [1.29, 1.82) is 0 Å². The molecule has 5 N–H and O–H groups in total. The number of benzene rings is 2. The maximum atomic E-state index is 11.5. The molecule has 0 aliphatic carbocycles. The van der Waals surface area contributed by atoms with Crippen LogP contribution < -0.4 is 10.3 Å². The van der Waals surface area contributed by atoms with E-state index in [0.29, 0.717) is 11.1 Å². The quantitative estimate of drug-likeness (QED) is 0.551. The van der Waals surface area contributed by atoms with Gasteiger partial charge in [-0.3, -0.25) is 9.69 Å². The van der Waals surface area contributed by atoms with Crippen molar-refractivity contribution >= 4 is 26.0 Å². The number of hydrogen-bond donors (Lipinski definition) is 3. The summed E-state index contributed by atoms with van der Waals surface area (Å²) in [6.07, 6.45) is 0. The second-order valence-corrected chi connectivity index (χ2v) is 9.05. The van der Waals surface area contributed by atoms with E-state index in [-0.39, 0.29) is 29.4 Å². The fourth-order valence-corrected chi connectivity index (χ4v) is 3.68. The van der Waals surface area contributed by atoms with Crippen LogP contribution in [0.1, 0.15) is 11.1 Å². The minimum Gasteiger partial charge on any atom is -0.480 e. The zero-order valence-electron chi connectivity index (χ0n) is 14.1. The molecule has 146 valence electrons. The molecule has 2 rings (SSSR count). The molecule has 0 fully saturated rings. The molecule has 0 saturated heterocycles. The van der Waals surface area contributed by atoms with Crippen LogP contribution in [0.15, 0.2) is 58.3 Å². The van der Waals surface area contributed by atoms with Gasteiger partial charge >= 0.3 is 5.97 Å². The summed E-state index contributed by atoms with van der Waals surface area (Å²) >= 11 is 0. The van der Waals surface area contributed by atoms with Crippen molar-refractivity contribution in [3.8, 4) is 0 Å². The molecule has 2 aromatic carbocycles. The number of rotatable bonds is 8. The summed E-state index contributed by atoms with van der Waals surface area (Å²) < 4.78 is 45.9. The van der Waals surface area contributed by atoms with E-state index < -0.39 is 26.0 Å². The van der Waals surface area contributed by atoms with E-state index >= 15 is 0 Å². The number of sulfonamides is 2. The first-order valence-electron chi connectivity index (χ1n) is 7.63. The summed E-state index contributed by atoms with van der Waals surface area (Å²) in [5.74, 6) is -1.08. The zero-order valence-corrected chi connectivity index (χ0v) is 15.8. The van der Waals surface area contributed by atoms with Gasteiger partial charge in [0.25, 0.3) is 0 Å². The Bertz CT molecular complexity index is 974. The summed E-state index contributed by atoms with van der Waals surface area (Å²) in [6.45, 7) is -0.0935. The SMILES string of the molecule is NS(=O)(=O)c1cccc(CN(CC(=O)O)Cc2cccc(S(N)(=O)=O)c2)c1. The van der Waals surface area contributed by atoms with Gasteiger partial charge in [-0.15, -0.1) is 0 Å². The van der Waals surface area contributed by atoms with E-state index in [1.807, 2.05) is 0 Å². The number of carbonyl (C=O) groups is 1. The van der Waals surface area contributed by atoms with E-state index in [1.165, 1.54) is 41.3 Å². The third-order valence-electron chi connectivity index (χ3n) is 3.63. The second kappa shape index (κ2) is 8.15. The van der Waals surface area contributed by atoms with Crippen molar-refractivity contribution in [3.05, 3.63) is 59.7 Å². The molecule has 9 nitrogen and oxygen atoms in total. The van der Waals surface area contributed by atoms with Gasteiger partial charge in [0.1, 0.15) is 0 Å². The Hall–Kier alpha value is -2.31. The molecular weight excluding hydrogens is 394 g/mol. The molecule has 0 saturated carbocycles. The Morgan fingerprint density at radius 3 is 1.59 bits per heavy atom. The molecule has 0 atom stereocenters. The van der Waals surface area contributed by atoms with Crippen LogP contribution in [-0.2, 0) is 37.9 Å². The van der Waals surface area contributed by atoms with Crippen molar-refractivity contribution < 1.29 is 26.7 Å². The van der Waals surface area contributed by atoms with Gasteiger partial charge in [0.15, 0.2) is 0 Å². The predicted octanol–water partition coefficient (Wildman–Crippen LogP) is 0.0682. The lowest BCUT2D eigenvalue weighted by atomic mass is 10.1. The Morgan fingerprint density at radius 2 is 1.26 bits per heavy atom. The highest BCUT2D eigenvalue weighted by Crippen LogP contribution is 2.16. The predicted molar refractivity (Wildman–Crippen MR) is 97.4 cm³/mol. The van der Waals surface area contributed by atoms with E-state index in [9.17, 15) is 21.6 Å². The van der Waals surface area contributed by atoms with Crippen molar-refractivity contribution in [2.24, 2.45) is 10.3 Å². The van der Waals surface area contributed by atoms with Crippen LogP contribution in [-0.4, -0.2) is 39.4 Å². The fourth-order valence-electron chi connectivity index (χ4n) is 2.52. The van der Waals surface area contributed by atoms with Crippen LogP contribution in [0.5, 0.6) is 0 Å². The van der Waals surface area contributed by atoms with Gasteiger partial charge in [-0.1, -0.05) is 24.3 Å². The van der Waals surface area contributed by atoms with Gasteiger partial charge in [0.2, 0.25) is 20.0 Å². The van der Waals surface area contributed by atoms with Crippen LogP contribution >= 0.6 is 0 Å². The molecule has 0 amide bonds. The molecule has 0 radical (unpaired) electrons. The van der Waals surface area contributed by atoms with E-state index in [4.69, 9.17) is 15.4 Å². The molecule has 0 spiro atoms. The first kappa shape index (κ1) is 21.0. The molecule has 0 aliphatic rings. The van der Waals surface area contributed by atoms with E-state index in [0.717, 1.165) is 0 Å². The molecule has 11 heteroatoms. The molecule has 2 aromatic rings. The Kier molecular flexibility index (Phi) is 6.34. The average Bonchev–Trinajstić information content (AvgIpc) is 2.53. The Morgan fingerprint density at radius 1 is 0.852 bits per heavy atom. The highest BCUT2D eigenvalue weighted by Gasteiger charge is 2.15. The molecule has 0 aliphatic heterocycles. The van der Waals surface area contributed by atoms with Crippen LogP contribution in [0, 0.1) is 0 Å². The van der Waals surface area contributed by atoms with Crippen LogP contribution in [0.3, 0.4) is 0 Å². The first-order valence-corrected chi connectivity index (χ1v) is 10.7. The fraction of sp³-hybridized carbons (Fsp3) is 0.188. The third-order valence-corrected chi connectivity index (χ3v) is 5.45. The minimum atomic E-state index is -3.88. The summed E-state index contributed by atoms with van der Waals surface area (Å²) in [5.41, 5.74) is 1.09. The second-order valence-electron chi connectivity index (χ2n) is 5.92. The van der Waals surface area contributed by atoms with Gasteiger partial charge < -0.3 is 5.11 Å². The van der Waals surface area contributed by atoms with Crippen LogP contribution in [0.2, 0.25) is 0 Å². The standard InChI is InChI=1S/C16H19N3O6S2/c17-26(22,23)14-5-1-3-12(7-14)9-19(11-16(20)21)10-13-4-2-6-15(8-13)27(18,24)25/h1-8H,9-11H2,(H,20,21)(H2,17,22,23)(H2,18,24,25). The Balaban J connectivity index is 2.28. The monoisotopic (exact) mass is 413 g/mol. The number of carboxylic acid groups (broad SMARTS) is 1. The highest BCUT2D eigenvalue weighted by molar-refractivity contribution is 7.89. The summed E-state index contributed by atoms with van der Waals surface area (Å²) in [6, 6.07) is 11.7. The molecular formula is C16H19N3O6S2. The lowest BCUT2D eigenvalue weighted by molar-refractivity contribution is -0.138. The van der Waals surface area contributed by atoms with Crippen LogP contribution in [0.25, 0.3) is 0 Å². The van der Waals surface area contributed by atoms with Gasteiger partial charge in [-0.05, 0) is 35.4 Å². The zero-order chi connectivity index (χ0) is 20.2. The highest BCUT2D eigenvalue weighted by atomic mass is 32.2. The molecule has 0 heterocycles. The number of carboxylic acids is 1. The first-order chi connectivity index (χ1) is 12.4. The van der Waals surface area contributed by atoms with Crippen molar-refractivity contribution in [1.82, 2.24) is 4.90 Å². The number of primary sulfonamides is 2. The Labute approximate surface area is 157 Å². The normalized spacial score (nSPS) is 12.3. The summed E-state index contributed by atoms with van der Waals surface area (Å²) in [5, 5.41) is 19.4. The lowest BCUT2D eigenvalue weighted by Gasteiger charge is -2.21. The minimum absolute atomic E-state index is 0.0773. The number of hydrogen-bond acceptors (Lipinski definition) is 6. The van der Waals surface area contributed by atoms with E-state index in [2.05, 4.69) is 0 Å². The van der Waals surface area contributed by atoms with E-state index in [1.54, 1.807) is 12.1 Å². The lowest BCUT2D eigenvalue weighted by Crippen LogP contribution is -2.29. The number of aliphatic carboxylic acids is 1. The average molecular weight is 413 g/mol. The van der Waals surface area contributed by atoms with Crippen molar-refractivity contribution in [2.45, 2.75) is 22.9 Å². The van der Waals surface area contributed by atoms with Gasteiger partial charge in [-0.2, -0.15) is 0 Å². The maximum Gasteiger partial charge on any atom is 0.317 e. The maximum absolute atomic E-state index is 11.5. The summed E-state index contributed by atoms with van der Waals surface area (Å²) in [4.78, 5) is 12.5. The van der Waals surface area contributed by atoms with Gasteiger partial charge in [-0.25, -0.2) is 27.1 Å². The van der Waals surface area contributed by atoms with Crippen LogP contribution in [0.4, 0.5) is 0 Å². The smallest absolute Gasteiger partial charge is 0.317 e. The van der Waals surface area contributed by atoms with Gasteiger partial charge in [0.05, 0.1) is 16.3 Å². The number of nitrogens with zero attached hydrogens (tertiary/aromatic N) is 1. The molecule has 27 heavy (non-hydrogen) atoms. The summed E-state index contributed by atoms with van der Waals surface area (Å²) in [7, 11) is -7.76.